The standard InChI is InChI=1S/C17H19NO2/c19-16-9-8-14(15-7-4-10-18-15)11-17(16)20-12-13-5-2-1-3-6-13/h1-3,5-6,8-9,11,15,18-19H,4,7,10,12H2. The monoisotopic (exact) mass is 269 g/mol. The quantitative estimate of drug-likeness (QED) is 0.894. The number of phenolic OH excluding ortho intramolecular Hbond substituents is 1. The Morgan fingerprint density at radius 3 is 2.75 bits per heavy atom. The number of ether oxygens (including phenoxy) is 1. The van der Waals surface area contributed by atoms with E-state index in [2.05, 4.69) is 5.32 Å². The van der Waals surface area contributed by atoms with Crippen molar-refractivity contribution in [1.82, 2.24) is 5.32 Å². The van der Waals surface area contributed by atoms with E-state index in [1.54, 1.807) is 6.07 Å². The van der Waals surface area contributed by atoms with Crippen LogP contribution in [0.25, 0.3) is 0 Å². The van der Waals surface area contributed by atoms with Crippen molar-refractivity contribution in [3.8, 4) is 11.5 Å². The van der Waals surface area contributed by atoms with E-state index in [1.165, 1.54) is 12.0 Å². The first-order chi connectivity index (χ1) is 9.83. The maximum Gasteiger partial charge on any atom is 0.161 e. The largest absolute Gasteiger partial charge is 0.504 e. The first-order valence-corrected chi connectivity index (χ1v) is 7.06. The minimum atomic E-state index is 0.197. The fourth-order valence-electron chi connectivity index (χ4n) is 2.57. The second-order valence-electron chi connectivity index (χ2n) is 5.15. The molecule has 20 heavy (non-hydrogen) atoms. The molecule has 1 aliphatic rings. The molecule has 1 saturated heterocycles. The summed E-state index contributed by atoms with van der Waals surface area (Å²) in [7, 11) is 0. The summed E-state index contributed by atoms with van der Waals surface area (Å²) in [4.78, 5) is 0. The van der Waals surface area contributed by atoms with E-state index in [0.717, 1.165) is 18.5 Å². The third-order valence-corrected chi connectivity index (χ3v) is 3.68. The summed E-state index contributed by atoms with van der Waals surface area (Å²) in [6.07, 6.45) is 2.34. The van der Waals surface area contributed by atoms with Crippen LogP contribution >= 0.6 is 0 Å². The van der Waals surface area contributed by atoms with Crippen LogP contribution in [0.1, 0.15) is 30.0 Å². The molecule has 0 spiro atoms. The van der Waals surface area contributed by atoms with Crippen molar-refractivity contribution in [2.75, 3.05) is 6.54 Å². The molecule has 2 N–H and O–H groups in total. The lowest BCUT2D eigenvalue weighted by Gasteiger charge is -2.14. The molecule has 0 bridgehead atoms. The van der Waals surface area contributed by atoms with Crippen molar-refractivity contribution in [1.29, 1.82) is 0 Å². The van der Waals surface area contributed by atoms with Crippen LogP contribution in [0.4, 0.5) is 0 Å². The molecule has 1 fully saturated rings. The Hall–Kier alpha value is -2.00. The molecule has 2 aromatic rings. The second kappa shape index (κ2) is 5.97. The van der Waals surface area contributed by atoms with Crippen molar-refractivity contribution < 1.29 is 9.84 Å². The molecule has 3 nitrogen and oxygen atoms in total. The summed E-state index contributed by atoms with van der Waals surface area (Å²) >= 11 is 0. The van der Waals surface area contributed by atoms with Gasteiger partial charge in [-0.15, -0.1) is 0 Å². The van der Waals surface area contributed by atoms with Gasteiger partial charge in [0.2, 0.25) is 0 Å². The predicted molar refractivity (Wildman–Crippen MR) is 78.9 cm³/mol. The molecular formula is C17H19NO2. The molecule has 1 unspecified atom stereocenters. The summed E-state index contributed by atoms with van der Waals surface area (Å²) in [5, 5.41) is 13.4. The fraction of sp³-hybridized carbons (Fsp3) is 0.294. The van der Waals surface area contributed by atoms with E-state index in [4.69, 9.17) is 4.74 Å². The van der Waals surface area contributed by atoms with E-state index in [1.807, 2.05) is 42.5 Å². The number of hydrogen-bond donors (Lipinski definition) is 2. The highest BCUT2D eigenvalue weighted by molar-refractivity contribution is 5.43. The number of phenols is 1. The molecule has 1 aliphatic heterocycles. The average molecular weight is 269 g/mol. The number of rotatable bonds is 4. The van der Waals surface area contributed by atoms with Crippen LogP contribution in [0, 0.1) is 0 Å². The lowest BCUT2D eigenvalue weighted by molar-refractivity contribution is 0.288. The van der Waals surface area contributed by atoms with Gasteiger partial charge in [0, 0.05) is 6.04 Å². The van der Waals surface area contributed by atoms with Gasteiger partial charge in [0.15, 0.2) is 11.5 Å². The van der Waals surface area contributed by atoms with Crippen LogP contribution < -0.4 is 10.1 Å². The van der Waals surface area contributed by atoms with Crippen molar-refractivity contribution in [2.45, 2.75) is 25.5 Å². The molecule has 3 heteroatoms. The van der Waals surface area contributed by atoms with Crippen LogP contribution in [0.15, 0.2) is 48.5 Å². The normalized spacial score (nSPS) is 18.1. The van der Waals surface area contributed by atoms with E-state index in [-0.39, 0.29) is 5.75 Å². The van der Waals surface area contributed by atoms with Crippen LogP contribution in [0.3, 0.4) is 0 Å². The zero-order chi connectivity index (χ0) is 13.8. The summed E-state index contributed by atoms with van der Waals surface area (Å²) in [6, 6.07) is 16.0. The number of nitrogens with one attached hydrogen (secondary N) is 1. The lowest BCUT2D eigenvalue weighted by atomic mass is 10.0. The topological polar surface area (TPSA) is 41.5 Å². The van der Waals surface area contributed by atoms with Crippen LogP contribution in [0.2, 0.25) is 0 Å². The van der Waals surface area contributed by atoms with Gasteiger partial charge in [-0.05, 0) is 42.6 Å². The molecule has 1 heterocycles. The van der Waals surface area contributed by atoms with E-state index in [0.29, 0.717) is 18.4 Å². The summed E-state index contributed by atoms with van der Waals surface area (Å²) in [5.74, 6) is 0.753. The van der Waals surface area contributed by atoms with Crippen molar-refractivity contribution >= 4 is 0 Å². The summed E-state index contributed by atoms with van der Waals surface area (Å²) in [6.45, 7) is 1.53. The molecule has 0 aromatic heterocycles. The van der Waals surface area contributed by atoms with Crippen molar-refractivity contribution in [3.63, 3.8) is 0 Å². The SMILES string of the molecule is Oc1ccc(C2CCCN2)cc1OCc1ccccc1. The fourth-order valence-corrected chi connectivity index (χ4v) is 2.57. The van der Waals surface area contributed by atoms with Gasteiger partial charge < -0.3 is 15.2 Å². The maximum absolute atomic E-state index is 9.91. The maximum atomic E-state index is 9.91. The Kier molecular flexibility index (Phi) is 3.88. The molecule has 2 aromatic carbocycles. The van der Waals surface area contributed by atoms with E-state index >= 15 is 0 Å². The Bertz CT molecular complexity index is 562. The van der Waals surface area contributed by atoms with Gasteiger partial charge in [0.05, 0.1) is 0 Å². The van der Waals surface area contributed by atoms with Gasteiger partial charge in [0.1, 0.15) is 6.61 Å². The number of aromatic hydroxyl groups is 1. The highest BCUT2D eigenvalue weighted by Crippen LogP contribution is 2.32. The number of hydrogen-bond acceptors (Lipinski definition) is 3. The van der Waals surface area contributed by atoms with Crippen molar-refractivity contribution in [2.24, 2.45) is 0 Å². The first kappa shape index (κ1) is 13.0. The smallest absolute Gasteiger partial charge is 0.161 e. The minimum Gasteiger partial charge on any atom is -0.504 e. The zero-order valence-corrected chi connectivity index (χ0v) is 11.4. The highest BCUT2D eigenvalue weighted by Gasteiger charge is 2.17. The van der Waals surface area contributed by atoms with Gasteiger partial charge in [0.25, 0.3) is 0 Å². The van der Waals surface area contributed by atoms with Crippen LogP contribution in [-0.4, -0.2) is 11.7 Å². The zero-order valence-electron chi connectivity index (χ0n) is 11.4. The molecule has 1 atom stereocenters. The number of benzene rings is 2. The lowest BCUT2D eigenvalue weighted by Crippen LogP contribution is -2.12. The summed E-state index contributed by atoms with van der Waals surface area (Å²) in [5.41, 5.74) is 2.28. The molecule has 0 amide bonds. The Morgan fingerprint density at radius 2 is 2.00 bits per heavy atom. The third-order valence-electron chi connectivity index (χ3n) is 3.68. The van der Waals surface area contributed by atoms with E-state index in [9.17, 15) is 5.11 Å². The van der Waals surface area contributed by atoms with E-state index < -0.39 is 0 Å². The molecule has 0 saturated carbocycles. The third kappa shape index (κ3) is 2.94. The summed E-state index contributed by atoms with van der Waals surface area (Å²) < 4.78 is 5.75. The predicted octanol–water partition coefficient (Wildman–Crippen LogP) is 3.40. The van der Waals surface area contributed by atoms with Gasteiger partial charge in [-0.25, -0.2) is 0 Å². The molecule has 3 rings (SSSR count). The van der Waals surface area contributed by atoms with Gasteiger partial charge in [-0.2, -0.15) is 0 Å². The highest BCUT2D eigenvalue weighted by atomic mass is 16.5. The molecular weight excluding hydrogens is 250 g/mol. The average Bonchev–Trinajstić information content (AvgIpc) is 3.02. The second-order valence-corrected chi connectivity index (χ2v) is 5.15. The minimum absolute atomic E-state index is 0.197. The van der Waals surface area contributed by atoms with Crippen LogP contribution in [0.5, 0.6) is 11.5 Å². The molecule has 0 radical (unpaired) electrons. The Balaban J connectivity index is 1.73. The Labute approximate surface area is 119 Å². The van der Waals surface area contributed by atoms with Gasteiger partial charge in [-0.1, -0.05) is 36.4 Å². The van der Waals surface area contributed by atoms with Crippen LogP contribution in [-0.2, 0) is 6.61 Å². The van der Waals surface area contributed by atoms with Gasteiger partial charge >= 0.3 is 0 Å². The first-order valence-electron chi connectivity index (χ1n) is 7.06. The van der Waals surface area contributed by atoms with Gasteiger partial charge in [-0.3, -0.25) is 0 Å². The molecule has 104 valence electrons. The van der Waals surface area contributed by atoms with Crippen molar-refractivity contribution in [3.05, 3.63) is 59.7 Å². The molecule has 0 aliphatic carbocycles. The Morgan fingerprint density at radius 1 is 1.15 bits per heavy atom.